The van der Waals surface area contributed by atoms with Gasteiger partial charge in [-0.1, -0.05) is 36.4 Å². The van der Waals surface area contributed by atoms with Crippen molar-refractivity contribution in [2.24, 2.45) is 0 Å². The first kappa shape index (κ1) is 16.0. The molecule has 0 radical (unpaired) electrons. The molecule has 1 heterocycles. The third kappa shape index (κ3) is 4.30. The first-order chi connectivity index (χ1) is 11.7. The van der Waals surface area contributed by atoms with E-state index in [1.165, 1.54) is 0 Å². The summed E-state index contributed by atoms with van der Waals surface area (Å²) in [4.78, 5) is 16.2. The van der Waals surface area contributed by atoms with E-state index >= 15 is 0 Å². The predicted molar refractivity (Wildman–Crippen MR) is 91.4 cm³/mol. The molecule has 1 N–H and O–H groups in total. The molecule has 3 aromatic rings. The fourth-order valence-electron chi connectivity index (χ4n) is 2.25. The molecule has 0 fully saturated rings. The van der Waals surface area contributed by atoms with E-state index in [1.807, 2.05) is 61.5 Å². The number of aromatic nitrogens is 1. The molecule has 122 valence electrons. The van der Waals surface area contributed by atoms with Crippen LogP contribution in [0.1, 0.15) is 11.3 Å². The van der Waals surface area contributed by atoms with Crippen molar-refractivity contribution in [3.63, 3.8) is 0 Å². The molecule has 5 nitrogen and oxygen atoms in total. The molecule has 0 atom stereocenters. The van der Waals surface area contributed by atoms with Crippen LogP contribution in [0.3, 0.4) is 0 Å². The summed E-state index contributed by atoms with van der Waals surface area (Å²) in [7, 11) is 0. The molecule has 5 heteroatoms. The molecule has 0 saturated heterocycles. The molecule has 0 bridgehead atoms. The molecule has 0 aliphatic carbocycles. The lowest BCUT2D eigenvalue weighted by atomic mass is 10.2. The van der Waals surface area contributed by atoms with E-state index in [2.05, 4.69) is 10.3 Å². The third-order valence-electron chi connectivity index (χ3n) is 3.36. The Labute approximate surface area is 140 Å². The Balaban J connectivity index is 1.54. The van der Waals surface area contributed by atoms with E-state index in [1.54, 1.807) is 6.20 Å². The van der Waals surface area contributed by atoms with E-state index in [4.69, 9.17) is 9.15 Å². The van der Waals surface area contributed by atoms with E-state index in [0.29, 0.717) is 18.2 Å². The third-order valence-corrected chi connectivity index (χ3v) is 3.36. The van der Waals surface area contributed by atoms with E-state index in [0.717, 1.165) is 16.9 Å². The number of benzene rings is 2. The Morgan fingerprint density at radius 2 is 2.00 bits per heavy atom. The van der Waals surface area contributed by atoms with Crippen molar-refractivity contribution in [1.29, 1.82) is 0 Å². The van der Waals surface area contributed by atoms with Crippen LogP contribution in [0.4, 0.5) is 5.69 Å². The second-order valence-corrected chi connectivity index (χ2v) is 5.38. The summed E-state index contributed by atoms with van der Waals surface area (Å²) in [5.41, 5.74) is 2.52. The maximum absolute atomic E-state index is 12.0. The van der Waals surface area contributed by atoms with Crippen LogP contribution >= 0.6 is 0 Å². The molecule has 0 spiro atoms. The zero-order valence-corrected chi connectivity index (χ0v) is 13.4. The Morgan fingerprint density at radius 1 is 1.17 bits per heavy atom. The van der Waals surface area contributed by atoms with Gasteiger partial charge in [0.2, 0.25) is 11.8 Å². The topological polar surface area (TPSA) is 64.4 Å². The molecule has 0 aliphatic rings. The first-order valence-electron chi connectivity index (χ1n) is 7.65. The van der Waals surface area contributed by atoms with Crippen molar-refractivity contribution >= 4 is 11.6 Å². The smallest absolute Gasteiger partial charge is 0.250 e. The van der Waals surface area contributed by atoms with Gasteiger partial charge >= 0.3 is 0 Å². The molecule has 24 heavy (non-hydrogen) atoms. The Hall–Kier alpha value is -2.92. The molecule has 1 aromatic heterocycles. The van der Waals surface area contributed by atoms with Gasteiger partial charge in [-0.05, 0) is 30.7 Å². The van der Waals surface area contributed by atoms with Gasteiger partial charge in [0.1, 0.15) is 12.4 Å². The van der Waals surface area contributed by atoms with Gasteiger partial charge in [-0.25, -0.2) is 4.98 Å². The monoisotopic (exact) mass is 322 g/mol. The number of aryl methyl sites for hydroxylation is 1. The highest BCUT2D eigenvalue weighted by molar-refractivity contribution is 5.92. The molecule has 1 amide bonds. The van der Waals surface area contributed by atoms with Crippen molar-refractivity contribution in [2.45, 2.75) is 13.5 Å². The number of oxazole rings is 1. The average molecular weight is 322 g/mol. The van der Waals surface area contributed by atoms with Crippen LogP contribution in [-0.4, -0.2) is 17.5 Å². The summed E-state index contributed by atoms with van der Waals surface area (Å²) in [6.45, 7) is 2.24. The molecular formula is C19H18N2O3. The Bertz CT molecular complexity index is 812. The fourth-order valence-corrected chi connectivity index (χ4v) is 2.25. The zero-order chi connectivity index (χ0) is 16.8. The zero-order valence-electron chi connectivity index (χ0n) is 13.4. The maximum Gasteiger partial charge on any atom is 0.250 e. The molecule has 3 rings (SSSR count). The number of amides is 1. The molecule has 2 aromatic carbocycles. The highest BCUT2D eigenvalue weighted by Gasteiger charge is 2.07. The van der Waals surface area contributed by atoms with Crippen LogP contribution < -0.4 is 5.32 Å². The molecule has 0 aliphatic heterocycles. The van der Waals surface area contributed by atoms with Crippen molar-refractivity contribution in [2.75, 3.05) is 11.9 Å². The number of nitrogens with zero attached hydrogens (tertiary/aromatic N) is 1. The highest BCUT2D eigenvalue weighted by Crippen LogP contribution is 2.22. The van der Waals surface area contributed by atoms with E-state index < -0.39 is 0 Å². The summed E-state index contributed by atoms with van der Waals surface area (Å²) < 4.78 is 10.9. The van der Waals surface area contributed by atoms with Gasteiger partial charge in [0.15, 0.2) is 0 Å². The molecular weight excluding hydrogens is 304 g/mol. The van der Waals surface area contributed by atoms with Gasteiger partial charge in [-0.2, -0.15) is 0 Å². The second kappa shape index (κ2) is 7.57. The van der Waals surface area contributed by atoms with Crippen molar-refractivity contribution in [1.82, 2.24) is 4.98 Å². The number of carbonyl (C=O) groups is 1. The van der Waals surface area contributed by atoms with E-state index in [9.17, 15) is 4.79 Å². The summed E-state index contributed by atoms with van der Waals surface area (Å²) in [5, 5.41) is 2.81. The van der Waals surface area contributed by atoms with Gasteiger partial charge in [-0.15, -0.1) is 0 Å². The standard InChI is InChI=1S/C19H18N2O3/c1-14-11-20-19(24-14)16-8-5-9-17(10-16)21-18(22)13-23-12-15-6-3-2-4-7-15/h2-11H,12-13H2,1H3,(H,21,22). The minimum absolute atomic E-state index is 0.00275. The van der Waals surface area contributed by atoms with Crippen molar-refractivity contribution in [3.8, 4) is 11.5 Å². The number of nitrogens with one attached hydrogen (secondary N) is 1. The minimum Gasteiger partial charge on any atom is -0.441 e. The lowest BCUT2D eigenvalue weighted by Gasteiger charge is -2.07. The molecule has 0 saturated carbocycles. The van der Waals surface area contributed by atoms with Crippen LogP contribution in [0.2, 0.25) is 0 Å². The lowest BCUT2D eigenvalue weighted by Crippen LogP contribution is -2.18. The van der Waals surface area contributed by atoms with Crippen molar-refractivity contribution < 1.29 is 13.9 Å². The number of carbonyl (C=O) groups excluding carboxylic acids is 1. The Morgan fingerprint density at radius 3 is 2.75 bits per heavy atom. The quantitative estimate of drug-likeness (QED) is 0.749. The number of ether oxygens (including phenoxy) is 1. The van der Waals surface area contributed by atoms with Crippen molar-refractivity contribution in [3.05, 3.63) is 72.1 Å². The lowest BCUT2D eigenvalue weighted by molar-refractivity contribution is -0.121. The number of anilines is 1. The van der Waals surface area contributed by atoms with Gasteiger partial charge in [0, 0.05) is 11.3 Å². The number of hydrogen-bond acceptors (Lipinski definition) is 4. The van der Waals surface area contributed by atoms with Gasteiger partial charge in [-0.3, -0.25) is 4.79 Å². The Kier molecular flexibility index (Phi) is 5.03. The van der Waals surface area contributed by atoms with Crippen LogP contribution in [0.15, 0.2) is 65.2 Å². The van der Waals surface area contributed by atoms with Gasteiger partial charge < -0.3 is 14.5 Å². The summed E-state index contributed by atoms with van der Waals surface area (Å²) in [6, 6.07) is 17.1. The second-order valence-electron chi connectivity index (χ2n) is 5.38. The number of hydrogen-bond donors (Lipinski definition) is 1. The predicted octanol–water partition coefficient (Wildman–Crippen LogP) is 3.81. The highest BCUT2D eigenvalue weighted by atomic mass is 16.5. The summed E-state index contributed by atoms with van der Waals surface area (Å²) in [6.07, 6.45) is 1.66. The van der Waals surface area contributed by atoms with Crippen LogP contribution in [0.25, 0.3) is 11.5 Å². The van der Waals surface area contributed by atoms with Gasteiger partial charge in [0.05, 0.1) is 12.8 Å². The normalized spacial score (nSPS) is 10.5. The minimum atomic E-state index is -0.202. The SMILES string of the molecule is Cc1cnc(-c2cccc(NC(=O)COCc3ccccc3)c2)o1. The first-order valence-corrected chi connectivity index (χ1v) is 7.65. The largest absolute Gasteiger partial charge is 0.441 e. The fraction of sp³-hybridized carbons (Fsp3) is 0.158. The van der Waals surface area contributed by atoms with E-state index in [-0.39, 0.29) is 12.5 Å². The summed E-state index contributed by atoms with van der Waals surface area (Å²) >= 11 is 0. The van der Waals surface area contributed by atoms with Crippen LogP contribution in [0.5, 0.6) is 0 Å². The van der Waals surface area contributed by atoms with Crippen LogP contribution in [-0.2, 0) is 16.1 Å². The molecule has 0 unspecified atom stereocenters. The maximum atomic E-state index is 12.0. The van der Waals surface area contributed by atoms with Crippen LogP contribution in [0, 0.1) is 6.92 Å². The number of rotatable bonds is 6. The average Bonchev–Trinajstić information content (AvgIpc) is 3.03. The van der Waals surface area contributed by atoms with Gasteiger partial charge in [0.25, 0.3) is 0 Å². The summed E-state index contributed by atoms with van der Waals surface area (Å²) in [5.74, 6) is 1.07.